The van der Waals surface area contributed by atoms with Gasteiger partial charge in [0.15, 0.2) is 0 Å². The molecule has 2 amide bonds. The first kappa shape index (κ1) is 22.3. The van der Waals surface area contributed by atoms with Crippen molar-refractivity contribution in [3.8, 4) is 0 Å². The first-order chi connectivity index (χ1) is 14.3. The SMILES string of the molecule is Cc1ccc([C@H](CNC(=O)C(=O)Nc2ccc(C)c(Cl)c2)[NH+]2CC[NH+](C)CC2)cc1. The average Bonchev–Trinajstić information content (AvgIpc) is 2.73. The molecule has 0 bridgehead atoms. The first-order valence-electron chi connectivity index (χ1n) is 10.4. The zero-order chi connectivity index (χ0) is 21.7. The second kappa shape index (κ2) is 10.1. The summed E-state index contributed by atoms with van der Waals surface area (Å²) >= 11 is 6.10. The molecule has 30 heavy (non-hydrogen) atoms. The number of carbonyl (C=O) groups is 2. The lowest BCUT2D eigenvalue weighted by Gasteiger charge is -2.33. The van der Waals surface area contributed by atoms with Crippen molar-refractivity contribution >= 4 is 29.1 Å². The molecule has 1 saturated heterocycles. The molecule has 0 saturated carbocycles. The van der Waals surface area contributed by atoms with Crippen molar-refractivity contribution in [2.75, 3.05) is 45.1 Å². The molecular weight excluding hydrogens is 400 g/mol. The maximum Gasteiger partial charge on any atom is 0.313 e. The van der Waals surface area contributed by atoms with Gasteiger partial charge < -0.3 is 20.4 Å². The minimum atomic E-state index is -0.685. The van der Waals surface area contributed by atoms with Gasteiger partial charge in [-0.25, -0.2) is 0 Å². The molecule has 0 spiro atoms. The molecule has 6 nitrogen and oxygen atoms in total. The number of rotatable bonds is 5. The third-order valence-corrected chi connectivity index (χ3v) is 6.23. The number of anilines is 1. The fourth-order valence-corrected chi connectivity index (χ4v) is 3.96. The number of halogens is 1. The van der Waals surface area contributed by atoms with E-state index in [1.54, 1.807) is 12.1 Å². The number of amides is 2. The van der Waals surface area contributed by atoms with Crippen molar-refractivity contribution in [1.82, 2.24) is 5.32 Å². The molecule has 1 heterocycles. The van der Waals surface area contributed by atoms with E-state index in [0.29, 0.717) is 17.3 Å². The lowest BCUT2D eigenvalue weighted by atomic mass is 10.0. The molecule has 7 heteroatoms. The highest BCUT2D eigenvalue weighted by atomic mass is 35.5. The second-order valence-corrected chi connectivity index (χ2v) is 8.61. The van der Waals surface area contributed by atoms with Crippen LogP contribution in [0.2, 0.25) is 5.02 Å². The fourth-order valence-electron chi connectivity index (χ4n) is 3.78. The van der Waals surface area contributed by atoms with E-state index in [9.17, 15) is 9.59 Å². The molecule has 1 aliphatic rings. The summed E-state index contributed by atoms with van der Waals surface area (Å²) < 4.78 is 0. The summed E-state index contributed by atoms with van der Waals surface area (Å²) in [6, 6.07) is 13.7. The average molecular weight is 431 g/mol. The Kier molecular flexibility index (Phi) is 7.48. The van der Waals surface area contributed by atoms with Gasteiger partial charge in [0.2, 0.25) is 0 Å². The highest BCUT2D eigenvalue weighted by molar-refractivity contribution is 6.39. The maximum atomic E-state index is 12.5. The molecule has 3 rings (SSSR count). The summed E-state index contributed by atoms with van der Waals surface area (Å²) in [6.07, 6.45) is 0. The van der Waals surface area contributed by atoms with Crippen molar-refractivity contribution in [2.24, 2.45) is 0 Å². The number of piperazine rings is 1. The Morgan fingerprint density at radius 3 is 2.30 bits per heavy atom. The van der Waals surface area contributed by atoms with E-state index in [1.165, 1.54) is 20.9 Å². The first-order valence-corrected chi connectivity index (χ1v) is 10.8. The largest absolute Gasteiger partial charge is 0.341 e. The van der Waals surface area contributed by atoms with Gasteiger partial charge in [0.05, 0.1) is 13.6 Å². The predicted octanol–water partition coefficient (Wildman–Crippen LogP) is 0.166. The number of aryl methyl sites for hydroxylation is 2. The van der Waals surface area contributed by atoms with Gasteiger partial charge in [0.25, 0.3) is 0 Å². The highest BCUT2D eigenvalue weighted by Crippen LogP contribution is 2.19. The number of quaternary nitrogens is 2. The number of carbonyl (C=O) groups excluding carboxylic acids is 2. The smallest absolute Gasteiger partial charge is 0.313 e. The van der Waals surface area contributed by atoms with Crippen molar-refractivity contribution < 1.29 is 19.4 Å². The van der Waals surface area contributed by atoms with Crippen LogP contribution in [0.15, 0.2) is 42.5 Å². The maximum absolute atomic E-state index is 12.5. The van der Waals surface area contributed by atoms with Crippen molar-refractivity contribution in [2.45, 2.75) is 19.9 Å². The summed E-state index contributed by atoms with van der Waals surface area (Å²) in [7, 11) is 2.21. The Labute approximate surface area is 183 Å². The fraction of sp³-hybridized carbons (Fsp3) is 0.391. The van der Waals surface area contributed by atoms with Gasteiger partial charge in [-0.2, -0.15) is 0 Å². The summed E-state index contributed by atoms with van der Waals surface area (Å²) in [6.45, 7) is 8.63. The van der Waals surface area contributed by atoms with Crippen LogP contribution >= 0.6 is 11.6 Å². The van der Waals surface area contributed by atoms with Gasteiger partial charge >= 0.3 is 11.8 Å². The third-order valence-electron chi connectivity index (χ3n) is 5.82. The van der Waals surface area contributed by atoms with Crippen LogP contribution in [0.1, 0.15) is 22.7 Å². The van der Waals surface area contributed by atoms with E-state index >= 15 is 0 Å². The van der Waals surface area contributed by atoms with Crippen LogP contribution in [-0.2, 0) is 9.59 Å². The molecule has 2 aromatic rings. The lowest BCUT2D eigenvalue weighted by molar-refractivity contribution is -1.02. The van der Waals surface area contributed by atoms with Gasteiger partial charge in [-0.3, -0.25) is 9.59 Å². The normalized spacial score (nSPS) is 19.7. The van der Waals surface area contributed by atoms with Gasteiger partial charge in [0, 0.05) is 16.3 Å². The number of nitrogens with one attached hydrogen (secondary N) is 4. The molecule has 1 atom stereocenters. The van der Waals surface area contributed by atoms with Crippen molar-refractivity contribution in [1.29, 1.82) is 0 Å². The van der Waals surface area contributed by atoms with Crippen LogP contribution in [0.4, 0.5) is 5.69 Å². The van der Waals surface area contributed by atoms with E-state index in [1.807, 2.05) is 13.0 Å². The van der Waals surface area contributed by atoms with Crippen LogP contribution < -0.4 is 20.4 Å². The molecule has 1 fully saturated rings. The van der Waals surface area contributed by atoms with Gasteiger partial charge in [0.1, 0.15) is 32.2 Å². The lowest BCUT2D eigenvalue weighted by Crippen LogP contribution is -3.27. The number of benzene rings is 2. The van der Waals surface area contributed by atoms with Crippen LogP contribution in [0.5, 0.6) is 0 Å². The van der Waals surface area contributed by atoms with E-state index < -0.39 is 11.8 Å². The summed E-state index contributed by atoms with van der Waals surface area (Å²) in [5.41, 5.74) is 3.81. The Morgan fingerprint density at radius 1 is 1.00 bits per heavy atom. The summed E-state index contributed by atoms with van der Waals surface area (Å²) in [5, 5.41) is 6.01. The molecule has 4 N–H and O–H groups in total. The Balaban J connectivity index is 1.65. The highest BCUT2D eigenvalue weighted by Gasteiger charge is 2.30. The number of hydrogen-bond acceptors (Lipinski definition) is 2. The van der Waals surface area contributed by atoms with E-state index in [-0.39, 0.29) is 6.04 Å². The molecule has 0 aromatic heterocycles. The quantitative estimate of drug-likeness (QED) is 0.511. The van der Waals surface area contributed by atoms with Crippen LogP contribution in [0.25, 0.3) is 0 Å². The standard InChI is InChI=1S/C23H29ClN4O2/c1-16-4-7-18(8-5-16)21(28-12-10-27(3)11-13-28)15-25-22(29)23(30)26-19-9-6-17(2)20(24)14-19/h4-9,14,21H,10-13,15H2,1-3H3,(H,25,29)(H,26,30)/p+2/t21-/m0/s1. The Bertz CT molecular complexity index is 893. The third kappa shape index (κ3) is 5.81. The zero-order valence-corrected chi connectivity index (χ0v) is 18.6. The zero-order valence-electron chi connectivity index (χ0n) is 17.8. The summed E-state index contributed by atoms with van der Waals surface area (Å²) in [5.74, 6) is -1.32. The molecule has 0 aliphatic carbocycles. The molecule has 1 aliphatic heterocycles. The topological polar surface area (TPSA) is 67.1 Å². The monoisotopic (exact) mass is 430 g/mol. The Hall–Kier alpha value is -2.41. The van der Waals surface area contributed by atoms with E-state index in [2.05, 4.69) is 48.9 Å². The van der Waals surface area contributed by atoms with Crippen LogP contribution in [0, 0.1) is 13.8 Å². The molecular formula is C23H31ClN4O2+2. The van der Waals surface area contributed by atoms with E-state index in [0.717, 1.165) is 31.7 Å². The predicted molar refractivity (Wildman–Crippen MR) is 119 cm³/mol. The minimum absolute atomic E-state index is 0.115. The number of likely N-dealkylation sites (N-methyl/N-ethyl adjacent to an activating group) is 1. The van der Waals surface area contributed by atoms with Gasteiger partial charge in [-0.1, -0.05) is 47.5 Å². The number of hydrogen-bond donors (Lipinski definition) is 4. The Morgan fingerprint density at radius 2 is 1.67 bits per heavy atom. The molecule has 2 aromatic carbocycles. The summed E-state index contributed by atoms with van der Waals surface area (Å²) in [4.78, 5) is 27.8. The van der Waals surface area contributed by atoms with Crippen LogP contribution in [-0.4, -0.2) is 51.6 Å². The molecule has 160 valence electrons. The van der Waals surface area contributed by atoms with Gasteiger partial charge in [-0.05, 0) is 31.5 Å². The van der Waals surface area contributed by atoms with E-state index in [4.69, 9.17) is 11.6 Å². The molecule has 0 unspecified atom stereocenters. The second-order valence-electron chi connectivity index (χ2n) is 8.21. The molecule has 0 radical (unpaired) electrons. The minimum Gasteiger partial charge on any atom is -0.341 e. The van der Waals surface area contributed by atoms with Crippen LogP contribution in [0.3, 0.4) is 0 Å². The van der Waals surface area contributed by atoms with Gasteiger partial charge in [-0.15, -0.1) is 0 Å². The van der Waals surface area contributed by atoms with Crippen molar-refractivity contribution in [3.05, 3.63) is 64.2 Å². The van der Waals surface area contributed by atoms with Crippen molar-refractivity contribution in [3.63, 3.8) is 0 Å².